The molecule has 0 saturated carbocycles. The molecule has 0 fully saturated rings. The Kier molecular flexibility index (Phi) is 4.25. The third-order valence-electron chi connectivity index (χ3n) is 3.41. The molecule has 0 aliphatic rings. The zero-order chi connectivity index (χ0) is 14.0. The molecule has 0 saturated heterocycles. The fourth-order valence-corrected chi connectivity index (χ4v) is 2.45. The van der Waals surface area contributed by atoms with E-state index in [0.717, 1.165) is 18.1 Å². The van der Waals surface area contributed by atoms with Crippen LogP contribution in [0.4, 0.5) is 0 Å². The van der Waals surface area contributed by atoms with E-state index in [1.807, 2.05) is 0 Å². The smallest absolute Gasteiger partial charge is 0.148 e. The van der Waals surface area contributed by atoms with Crippen molar-refractivity contribution >= 4 is 11.6 Å². The molecule has 0 unspecified atom stereocenters. The summed E-state index contributed by atoms with van der Waals surface area (Å²) in [6, 6.07) is 6.85. The summed E-state index contributed by atoms with van der Waals surface area (Å²) < 4.78 is 2.13. The molecule has 2 rings (SSSR count). The predicted molar refractivity (Wildman–Crippen MR) is 78.7 cm³/mol. The number of alkyl halides is 1. The second-order valence-corrected chi connectivity index (χ2v) is 5.49. The molecule has 0 N–H and O–H groups in total. The summed E-state index contributed by atoms with van der Waals surface area (Å²) in [6.07, 6.45) is 0.795. The van der Waals surface area contributed by atoms with Crippen LogP contribution in [0.15, 0.2) is 18.2 Å². The first kappa shape index (κ1) is 14.1. The summed E-state index contributed by atoms with van der Waals surface area (Å²) in [5, 5.41) is 8.46. The van der Waals surface area contributed by atoms with Gasteiger partial charge in [0, 0.05) is 12.5 Å². The molecule has 0 radical (unpaired) electrons. The number of hydrogen-bond donors (Lipinski definition) is 0. The minimum atomic E-state index is 0.324. The molecule has 0 bridgehead atoms. The van der Waals surface area contributed by atoms with Gasteiger partial charge in [0.2, 0.25) is 0 Å². The van der Waals surface area contributed by atoms with Crippen LogP contribution in [0.2, 0.25) is 0 Å². The lowest BCUT2D eigenvalue weighted by atomic mass is 10.0. The predicted octanol–water partition coefficient (Wildman–Crippen LogP) is 3.81. The van der Waals surface area contributed by atoms with Crippen molar-refractivity contribution in [2.24, 2.45) is 0 Å². The SMILES string of the molecule is Cc1ccc(Cc2nnc(CCl)n2C(C)C)cc1C. The van der Waals surface area contributed by atoms with Crippen molar-refractivity contribution in [3.8, 4) is 0 Å². The summed E-state index contributed by atoms with van der Waals surface area (Å²) in [7, 11) is 0. The normalized spacial score (nSPS) is 11.3. The average molecular weight is 278 g/mol. The van der Waals surface area contributed by atoms with Gasteiger partial charge in [0.25, 0.3) is 0 Å². The fourth-order valence-electron chi connectivity index (χ4n) is 2.26. The van der Waals surface area contributed by atoms with Gasteiger partial charge in [-0.15, -0.1) is 21.8 Å². The number of benzene rings is 1. The zero-order valence-corrected chi connectivity index (χ0v) is 12.7. The van der Waals surface area contributed by atoms with Crippen LogP contribution < -0.4 is 0 Å². The van der Waals surface area contributed by atoms with Gasteiger partial charge >= 0.3 is 0 Å². The van der Waals surface area contributed by atoms with Crippen molar-refractivity contribution in [3.63, 3.8) is 0 Å². The Morgan fingerprint density at radius 3 is 2.37 bits per heavy atom. The second-order valence-electron chi connectivity index (χ2n) is 5.23. The quantitative estimate of drug-likeness (QED) is 0.796. The maximum absolute atomic E-state index is 5.92. The molecular formula is C15H20ClN3. The van der Waals surface area contributed by atoms with Crippen molar-refractivity contribution in [3.05, 3.63) is 46.5 Å². The van der Waals surface area contributed by atoms with Gasteiger partial charge in [-0.05, 0) is 44.4 Å². The molecule has 1 aromatic heterocycles. The first-order valence-corrected chi connectivity index (χ1v) is 7.11. The molecule has 0 aliphatic heterocycles. The number of halogens is 1. The van der Waals surface area contributed by atoms with E-state index >= 15 is 0 Å². The minimum Gasteiger partial charge on any atom is -0.311 e. The summed E-state index contributed by atoms with van der Waals surface area (Å²) in [5.74, 6) is 2.22. The van der Waals surface area contributed by atoms with Crippen LogP contribution in [0, 0.1) is 13.8 Å². The van der Waals surface area contributed by atoms with Crippen LogP contribution in [-0.2, 0) is 12.3 Å². The van der Waals surface area contributed by atoms with Gasteiger partial charge in [0.15, 0.2) is 0 Å². The first-order chi connectivity index (χ1) is 9.02. The molecular weight excluding hydrogens is 258 g/mol. The molecule has 2 aromatic rings. The number of nitrogens with zero attached hydrogens (tertiary/aromatic N) is 3. The Morgan fingerprint density at radius 1 is 1.11 bits per heavy atom. The van der Waals surface area contributed by atoms with Crippen LogP contribution in [0.25, 0.3) is 0 Å². The molecule has 1 aromatic carbocycles. The summed E-state index contributed by atoms with van der Waals surface area (Å²) in [4.78, 5) is 0. The van der Waals surface area contributed by atoms with E-state index in [1.54, 1.807) is 0 Å². The van der Waals surface area contributed by atoms with E-state index in [9.17, 15) is 0 Å². The van der Waals surface area contributed by atoms with Crippen molar-refractivity contribution in [1.29, 1.82) is 0 Å². The molecule has 0 amide bonds. The highest BCUT2D eigenvalue weighted by Gasteiger charge is 2.14. The molecule has 19 heavy (non-hydrogen) atoms. The van der Waals surface area contributed by atoms with E-state index in [4.69, 9.17) is 11.6 Å². The Morgan fingerprint density at radius 2 is 1.79 bits per heavy atom. The van der Waals surface area contributed by atoms with E-state index in [-0.39, 0.29) is 0 Å². The highest BCUT2D eigenvalue weighted by Crippen LogP contribution is 2.18. The third kappa shape index (κ3) is 2.98. The fraction of sp³-hybridized carbons (Fsp3) is 0.467. The lowest BCUT2D eigenvalue weighted by Gasteiger charge is -2.13. The Labute approximate surface area is 119 Å². The molecule has 0 aliphatic carbocycles. The van der Waals surface area contributed by atoms with Gasteiger partial charge in [-0.25, -0.2) is 0 Å². The van der Waals surface area contributed by atoms with E-state index in [2.05, 4.69) is 60.7 Å². The van der Waals surface area contributed by atoms with E-state index < -0.39 is 0 Å². The highest BCUT2D eigenvalue weighted by atomic mass is 35.5. The lowest BCUT2D eigenvalue weighted by Crippen LogP contribution is -2.10. The lowest BCUT2D eigenvalue weighted by molar-refractivity contribution is 0.557. The molecule has 102 valence electrons. The number of rotatable bonds is 4. The van der Waals surface area contributed by atoms with Gasteiger partial charge in [0.1, 0.15) is 11.6 Å². The maximum Gasteiger partial charge on any atom is 0.148 e. The zero-order valence-electron chi connectivity index (χ0n) is 11.9. The Bertz CT molecular complexity index is 573. The topological polar surface area (TPSA) is 30.7 Å². The van der Waals surface area contributed by atoms with E-state index in [1.165, 1.54) is 16.7 Å². The van der Waals surface area contributed by atoms with Crippen LogP contribution in [-0.4, -0.2) is 14.8 Å². The number of hydrogen-bond acceptors (Lipinski definition) is 2. The van der Waals surface area contributed by atoms with Crippen molar-refractivity contribution in [1.82, 2.24) is 14.8 Å². The van der Waals surface area contributed by atoms with Gasteiger partial charge < -0.3 is 4.57 Å². The van der Waals surface area contributed by atoms with Gasteiger partial charge in [-0.1, -0.05) is 18.2 Å². The summed E-state index contributed by atoms with van der Waals surface area (Å²) in [6.45, 7) is 8.52. The monoisotopic (exact) mass is 277 g/mol. The van der Waals surface area contributed by atoms with E-state index in [0.29, 0.717) is 11.9 Å². The van der Waals surface area contributed by atoms with Crippen LogP contribution in [0.5, 0.6) is 0 Å². The van der Waals surface area contributed by atoms with Crippen LogP contribution >= 0.6 is 11.6 Å². The minimum absolute atomic E-state index is 0.324. The molecule has 4 heteroatoms. The van der Waals surface area contributed by atoms with Gasteiger partial charge in [0.05, 0.1) is 5.88 Å². The molecule has 0 atom stereocenters. The third-order valence-corrected chi connectivity index (χ3v) is 3.65. The second kappa shape index (κ2) is 5.74. The Balaban J connectivity index is 2.32. The number of aryl methyl sites for hydroxylation is 2. The standard InChI is InChI=1S/C15H20ClN3/c1-10(2)19-14(17-18-15(19)9-16)8-13-6-5-11(3)12(4)7-13/h5-7,10H,8-9H2,1-4H3. The van der Waals surface area contributed by atoms with Crippen molar-refractivity contribution in [2.75, 3.05) is 0 Å². The van der Waals surface area contributed by atoms with Gasteiger partial charge in [-0.2, -0.15) is 0 Å². The molecule has 1 heterocycles. The highest BCUT2D eigenvalue weighted by molar-refractivity contribution is 6.16. The van der Waals surface area contributed by atoms with Gasteiger partial charge in [-0.3, -0.25) is 0 Å². The Hall–Kier alpha value is -1.35. The first-order valence-electron chi connectivity index (χ1n) is 6.57. The van der Waals surface area contributed by atoms with Crippen molar-refractivity contribution in [2.45, 2.75) is 46.0 Å². The average Bonchev–Trinajstić information content (AvgIpc) is 2.77. The number of aromatic nitrogens is 3. The summed E-state index contributed by atoms with van der Waals surface area (Å²) >= 11 is 5.92. The maximum atomic E-state index is 5.92. The van der Waals surface area contributed by atoms with Crippen LogP contribution in [0.1, 0.15) is 48.2 Å². The van der Waals surface area contributed by atoms with Crippen LogP contribution in [0.3, 0.4) is 0 Å². The molecule has 3 nitrogen and oxygen atoms in total. The van der Waals surface area contributed by atoms with Crippen molar-refractivity contribution < 1.29 is 0 Å². The molecule has 0 spiro atoms. The summed E-state index contributed by atoms with van der Waals surface area (Å²) in [5.41, 5.74) is 3.89. The largest absolute Gasteiger partial charge is 0.311 e.